The monoisotopic (exact) mass is 1440 g/mol. The van der Waals surface area contributed by atoms with Gasteiger partial charge >= 0.3 is 11.9 Å². The van der Waals surface area contributed by atoms with Gasteiger partial charge in [-0.1, -0.05) is 56.0 Å². The van der Waals surface area contributed by atoms with Crippen LogP contribution < -0.4 is 27.6 Å². The van der Waals surface area contributed by atoms with Gasteiger partial charge in [-0.25, -0.2) is 0 Å². The van der Waals surface area contributed by atoms with Crippen molar-refractivity contribution in [1.82, 2.24) is 0 Å². The minimum atomic E-state index is -0.390. The number of carbonyl (C=O) groups is 6. The molecule has 6 aromatic carbocycles. The highest BCUT2D eigenvalue weighted by atomic mass is 79.9. The molecule has 82 heavy (non-hydrogen) atoms. The summed E-state index contributed by atoms with van der Waals surface area (Å²) >= 11 is 14.5. The first-order valence-corrected chi connectivity index (χ1v) is 28.7. The van der Waals surface area contributed by atoms with Crippen molar-refractivity contribution in [2.75, 3.05) is 45.0 Å². The predicted octanol–water partition coefficient (Wildman–Crippen LogP) is 9.13. The molecule has 436 valence electrons. The minimum absolute atomic E-state index is 0. The highest BCUT2D eigenvalue weighted by Gasteiger charge is 2.37. The van der Waals surface area contributed by atoms with Gasteiger partial charge in [0.25, 0.3) is 0 Å². The van der Waals surface area contributed by atoms with Crippen LogP contribution in [0.5, 0.6) is 11.5 Å². The molecule has 0 aliphatic heterocycles. The standard InChI is InChI=1S/2C30H29Br2NO7.CH4.BrH/c2*1-16(14-39-17(2)15-40-18(3)34)38-11-10-19-12-22(31)28(23(32)13-19)33-24-8-9-25(35)27-26(24)29(36)20-6-4-5-7-21(20)30(27)37;;/h2*4-9,12-13,16-17,33,35H,10-11,14-15H2,1-3H3;1H4;1H. The molecule has 0 saturated heterocycles. The second-order valence-electron chi connectivity index (χ2n) is 19.1. The Balaban J connectivity index is 0.000000293. The van der Waals surface area contributed by atoms with Crippen LogP contribution in [0.25, 0.3) is 0 Å². The van der Waals surface area contributed by atoms with Gasteiger partial charge in [0.2, 0.25) is 5.78 Å². The molecule has 0 fully saturated rings. The molecule has 2 aliphatic carbocycles. The number of fused-ring (bicyclic) bond motifs is 4. The van der Waals surface area contributed by atoms with Gasteiger partial charge in [-0.3, -0.25) is 34.1 Å². The number of phenols is 2. The summed E-state index contributed by atoms with van der Waals surface area (Å²) in [6, 6.07) is 27.2. The molecule has 0 spiro atoms. The Morgan fingerprint density at radius 1 is 0.512 bits per heavy atom. The average molecular weight is 1450 g/mol. The smallest absolute Gasteiger partial charge is 0.302 e. The summed E-state index contributed by atoms with van der Waals surface area (Å²) in [7, 11) is 0. The highest BCUT2D eigenvalue weighted by Crippen LogP contribution is 2.42. The van der Waals surface area contributed by atoms with E-state index >= 15 is 0 Å². The molecule has 16 nitrogen and oxygen atoms in total. The molecule has 0 aromatic heterocycles. The number of benzene rings is 6. The van der Waals surface area contributed by atoms with Crippen molar-refractivity contribution >= 4 is 122 Å². The predicted molar refractivity (Wildman–Crippen MR) is 320 cm³/mol. The van der Waals surface area contributed by atoms with E-state index in [0.717, 1.165) is 34.7 Å². The number of quaternary nitrogens is 1. The number of aromatic hydroxyl groups is 2. The summed E-state index contributed by atoms with van der Waals surface area (Å²) < 4.78 is 36.0. The van der Waals surface area contributed by atoms with E-state index in [0.29, 0.717) is 73.0 Å². The lowest BCUT2D eigenvalue weighted by Crippen LogP contribution is -3.00. The summed E-state index contributed by atoms with van der Waals surface area (Å²) in [5.41, 5.74) is 5.99. The fourth-order valence-electron chi connectivity index (χ4n) is 8.78. The quantitative estimate of drug-likeness (QED) is 0.0282. The van der Waals surface area contributed by atoms with Crippen LogP contribution in [0.2, 0.25) is 0 Å². The third kappa shape index (κ3) is 16.9. The molecular weight excluding hydrogens is 1380 g/mol. The van der Waals surface area contributed by atoms with Crippen molar-refractivity contribution < 1.29 is 89.7 Å². The fraction of sp³-hybridized carbons (Fsp3) is 0.311. The number of anilines is 2. The third-order valence-corrected chi connectivity index (χ3v) is 15.4. The molecule has 6 aromatic rings. The van der Waals surface area contributed by atoms with Crippen LogP contribution in [0.15, 0.2) is 115 Å². The summed E-state index contributed by atoms with van der Waals surface area (Å²) in [4.78, 5) is 74.9. The van der Waals surface area contributed by atoms with E-state index in [9.17, 15) is 39.0 Å². The first-order chi connectivity index (χ1) is 38.1. The van der Waals surface area contributed by atoms with Crippen LogP contribution in [-0.4, -0.2) is 109 Å². The Morgan fingerprint density at radius 3 is 1.30 bits per heavy atom. The number of rotatable bonds is 22. The number of phenolic OH excluding ortho intramolecular Hbond substituents is 2. The van der Waals surface area contributed by atoms with E-state index < -0.39 is 5.78 Å². The van der Waals surface area contributed by atoms with Gasteiger partial charge in [-0.15, -0.1) is 0 Å². The number of halogens is 5. The maximum absolute atomic E-state index is 13.4. The van der Waals surface area contributed by atoms with Gasteiger partial charge in [0.15, 0.2) is 23.0 Å². The number of hydrogen-bond acceptors (Lipinski definition) is 15. The van der Waals surface area contributed by atoms with Crippen LogP contribution in [0.4, 0.5) is 22.7 Å². The molecule has 8 rings (SSSR count). The number of hydrogen-bond donors (Lipinski definition) is 4. The second-order valence-corrected chi connectivity index (χ2v) is 22.6. The molecule has 4 unspecified atom stereocenters. The molecule has 0 amide bonds. The van der Waals surface area contributed by atoms with Crippen molar-refractivity contribution in [1.29, 1.82) is 0 Å². The Bertz CT molecular complexity index is 3090. The number of ketones is 4. The van der Waals surface area contributed by atoms with Gasteiger partial charge < -0.3 is 60.9 Å². The molecule has 21 heteroatoms. The number of nitrogens with one attached hydrogen (secondary N) is 1. The van der Waals surface area contributed by atoms with Crippen LogP contribution in [-0.2, 0) is 50.9 Å². The zero-order chi connectivity index (χ0) is 57.9. The van der Waals surface area contributed by atoms with Gasteiger partial charge in [-0.05, 0) is 158 Å². The number of esters is 2. The van der Waals surface area contributed by atoms with Crippen molar-refractivity contribution in [2.24, 2.45) is 0 Å². The van der Waals surface area contributed by atoms with E-state index in [-0.39, 0.29) is 131 Å². The zero-order valence-corrected chi connectivity index (χ0v) is 52.9. The van der Waals surface area contributed by atoms with E-state index in [1.54, 1.807) is 60.7 Å². The Morgan fingerprint density at radius 2 is 0.878 bits per heavy atom. The van der Waals surface area contributed by atoms with Gasteiger partial charge in [-0.2, -0.15) is 0 Å². The zero-order valence-electron chi connectivity index (χ0n) is 45.0. The molecule has 0 radical (unpaired) electrons. The molecule has 4 atom stereocenters. The van der Waals surface area contributed by atoms with Gasteiger partial charge in [0, 0.05) is 51.1 Å². The summed E-state index contributed by atoms with van der Waals surface area (Å²) in [6.07, 6.45) is 0.591. The highest BCUT2D eigenvalue weighted by molar-refractivity contribution is 9.11. The van der Waals surface area contributed by atoms with Gasteiger partial charge in [0.1, 0.15) is 30.4 Å². The summed E-state index contributed by atoms with van der Waals surface area (Å²) in [5.74, 6) is -2.51. The van der Waals surface area contributed by atoms with E-state index in [2.05, 4.69) is 69.0 Å². The van der Waals surface area contributed by atoms with Gasteiger partial charge in [0.05, 0.1) is 93.4 Å². The van der Waals surface area contributed by atoms with Crippen molar-refractivity contribution in [3.8, 4) is 11.5 Å². The third-order valence-electron chi connectivity index (χ3n) is 12.8. The maximum atomic E-state index is 13.4. The van der Waals surface area contributed by atoms with Crippen molar-refractivity contribution in [2.45, 2.75) is 86.2 Å². The molecular formula is C61H63Br5N2O14. The van der Waals surface area contributed by atoms with Crippen LogP contribution in [0.3, 0.4) is 0 Å². The fourth-order valence-corrected chi connectivity index (χ4v) is 11.8. The summed E-state index contributed by atoms with van der Waals surface area (Å²) in [6.45, 7) is 12.3. The Labute approximate surface area is 520 Å². The number of carbonyl (C=O) groups excluding carboxylic acids is 6. The van der Waals surface area contributed by atoms with Crippen molar-refractivity contribution in [3.63, 3.8) is 0 Å². The largest absolute Gasteiger partial charge is 1.00 e. The molecule has 0 bridgehead atoms. The second kappa shape index (κ2) is 30.9. The first kappa shape index (κ1) is 67.3. The van der Waals surface area contributed by atoms with E-state index in [4.69, 9.17) is 28.4 Å². The molecule has 0 heterocycles. The lowest BCUT2D eigenvalue weighted by Gasteiger charge is -2.22. The lowest BCUT2D eigenvalue weighted by atomic mass is 9.82. The number of nitrogens with two attached hydrogens (primary N) is 1. The lowest BCUT2D eigenvalue weighted by molar-refractivity contribution is -0.480. The van der Waals surface area contributed by atoms with Crippen LogP contribution >= 0.6 is 63.7 Å². The molecule has 0 saturated carbocycles. The topological polar surface area (TPSA) is 227 Å². The first-order valence-electron chi connectivity index (χ1n) is 25.5. The summed E-state index contributed by atoms with van der Waals surface area (Å²) in [5, 5.41) is 26.1. The van der Waals surface area contributed by atoms with Crippen LogP contribution in [0, 0.1) is 0 Å². The van der Waals surface area contributed by atoms with E-state index in [1.165, 1.54) is 26.0 Å². The maximum Gasteiger partial charge on any atom is 0.302 e. The van der Waals surface area contributed by atoms with E-state index in [1.807, 2.05) is 57.3 Å². The normalized spacial score (nSPS) is 13.5. The molecule has 2 aliphatic rings. The minimum Gasteiger partial charge on any atom is -1.00 e. The average Bonchev–Trinajstić information content (AvgIpc) is 3.14. The van der Waals surface area contributed by atoms with Crippen LogP contribution in [0.1, 0.15) is 124 Å². The molecule has 5 N–H and O–H groups in total. The number of ether oxygens (including phenoxy) is 6. The van der Waals surface area contributed by atoms with Crippen molar-refractivity contribution in [3.05, 3.63) is 171 Å². The Hall–Kier alpha value is -5.46. The SMILES string of the molecule is C.CC(=O)OCC(C)OCC(C)OCCc1cc(Br)c(Nc2ccc(O)c3c2C(=O)c2ccccc2C3=O)c(Br)c1.CC(=O)OCC(C)OCC(C)OCCc1cc(Br)c([NH2+]c2ccc(O)c3c2C(=O)c2ccccc2C3=O)c(Br)c1.[Br-]. The Kier molecular flexibility index (Phi) is 25.4.